The molecule has 1 heterocycles. The molecule has 0 atom stereocenters. The normalized spacial score (nSPS) is 15.8. The fourth-order valence-electron chi connectivity index (χ4n) is 2.07. The summed E-state index contributed by atoms with van der Waals surface area (Å²) in [5.74, 6) is 0.757. The first kappa shape index (κ1) is 13.7. The first-order chi connectivity index (χ1) is 9.33. The Balaban J connectivity index is 1.89. The number of hydrogen-bond donors (Lipinski definition) is 1. The van der Waals surface area contributed by atoms with Crippen molar-refractivity contribution in [2.75, 3.05) is 51.8 Å². The Bertz CT molecular complexity index is 450. The van der Waals surface area contributed by atoms with Gasteiger partial charge in [-0.05, 0) is 12.1 Å². The number of anilines is 1. The highest BCUT2D eigenvalue weighted by molar-refractivity contribution is 5.60. The molecule has 0 bridgehead atoms. The van der Waals surface area contributed by atoms with Crippen molar-refractivity contribution < 1.29 is 9.47 Å². The zero-order valence-electron chi connectivity index (χ0n) is 11.2. The van der Waals surface area contributed by atoms with Crippen molar-refractivity contribution >= 4 is 5.69 Å². The highest BCUT2D eigenvalue weighted by Gasteiger charge is 2.10. The van der Waals surface area contributed by atoms with Crippen LogP contribution in [-0.2, 0) is 4.74 Å². The van der Waals surface area contributed by atoms with Gasteiger partial charge in [-0.3, -0.25) is 4.90 Å². The Morgan fingerprint density at radius 3 is 2.89 bits per heavy atom. The lowest BCUT2D eigenvalue weighted by Crippen LogP contribution is -2.39. The summed E-state index contributed by atoms with van der Waals surface area (Å²) in [6.07, 6.45) is 0. The van der Waals surface area contributed by atoms with Gasteiger partial charge >= 0.3 is 0 Å². The minimum Gasteiger partial charge on any atom is -0.497 e. The smallest absolute Gasteiger partial charge is 0.121 e. The van der Waals surface area contributed by atoms with E-state index in [9.17, 15) is 0 Å². The van der Waals surface area contributed by atoms with E-state index in [0.29, 0.717) is 5.56 Å². The molecule has 2 rings (SSSR count). The second-order valence-corrected chi connectivity index (χ2v) is 4.40. The van der Waals surface area contributed by atoms with Gasteiger partial charge in [-0.2, -0.15) is 5.26 Å². The van der Waals surface area contributed by atoms with Crippen molar-refractivity contribution in [2.45, 2.75) is 0 Å². The number of ether oxygens (including phenoxy) is 2. The first-order valence-corrected chi connectivity index (χ1v) is 6.45. The molecule has 0 aromatic heterocycles. The molecular formula is C14H19N3O2. The maximum absolute atomic E-state index is 9.07. The van der Waals surface area contributed by atoms with Crippen LogP contribution in [0, 0.1) is 11.3 Å². The van der Waals surface area contributed by atoms with Crippen LogP contribution in [0.15, 0.2) is 18.2 Å². The average Bonchev–Trinajstić information content (AvgIpc) is 2.48. The van der Waals surface area contributed by atoms with Crippen LogP contribution in [0.3, 0.4) is 0 Å². The first-order valence-electron chi connectivity index (χ1n) is 6.45. The Kier molecular flexibility index (Phi) is 5.01. The Morgan fingerprint density at radius 1 is 1.42 bits per heavy atom. The van der Waals surface area contributed by atoms with Crippen LogP contribution in [0.2, 0.25) is 0 Å². The van der Waals surface area contributed by atoms with E-state index in [-0.39, 0.29) is 0 Å². The number of nitrogens with zero attached hydrogens (tertiary/aromatic N) is 2. The number of benzene rings is 1. The van der Waals surface area contributed by atoms with Gasteiger partial charge in [0.05, 0.1) is 31.6 Å². The SMILES string of the molecule is COc1ccc(C#N)c(NCCN2CCOCC2)c1. The van der Waals surface area contributed by atoms with Gasteiger partial charge < -0.3 is 14.8 Å². The summed E-state index contributed by atoms with van der Waals surface area (Å²) in [6.45, 7) is 5.33. The molecule has 1 N–H and O–H groups in total. The molecule has 0 aliphatic carbocycles. The Hall–Kier alpha value is -1.77. The van der Waals surface area contributed by atoms with Crippen LogP contribution in [0.5, 0.6) is 5.75 Å². The van der Waals surface area contributed by atoms with Gasteiger partial charge in [0.25, 0.3) is 0 Å². The molecule has 0 saturated carbocycles. The van der Waals surface area contributed by atoms with Gasteiger partial charge in [0.1, 0.15) is 11.8 Å². The molecule has 1 aromatic rings. The molecule has 102 valence electrons. The van der Waals surface area contributed by atoms with Crippen LogP contribution < -0.4 is 10.1 Å². The predicted molar refractivity (Wildman–Crippen MR) is 73.5 cm³/mol. The third-order valence-corrected chi connectivity index (χ3v) is 3.19. The van der Waals surface area contributed by atoms with E-state index in [0.717, 1.165) is 50.8 Å². The lowest BCUT2D eigenvalue weighted by Gasteiger charge is -2.26. The van der Waals surface area contributed by atoms with E-state index in [1.807, 2.05) is 6.07 Å². The molecule has 0 radical (unpaired) electrons. The third kappa shape index (κ3) is 3.85. The monoisotopic (exact) mass is 261 g/mol. The molecule has 1 fully saturated rings. The van der Waals surface area contributed by atoms with Crippen molar-refractivity contribution in [3.05, 3.63) is 23.8 Å². The molecule has 1 aliphatic rings. The zero-order chi connectivity index (χ0) is 13.5. The van der Waals surface area contributed by atoms with Crippen LogP contribution in [-0.4, -0.2) is 51.4 Å². The molecule has 0 amide bonds. The molecule has 5 heteroatoms. The predicted octanol–water partition coefficient (Wildman–Crippen LogP) is 1.31. The molecule has 1 aliphatic heterocycles. The minimum atomic E-state index is 0.641. The molecular weight excluding hydrogens is 242 g/mol. The summed E-state index contributed by atoms with van der Waals surface area (Å²) in [5.41, 5.74) is 1.47. The largest absolute Gasteiger partial charge is 0.497 e. The van der Waals surface area contributed by atoms with E-state index in [1.165, 1.54) is 0 Å². The average molecular weight is 261 g/mol. The topological polar surface area (TPSA) is 57.5 Å². The number of morpholine rings is 1. The van der Waals surface area contributed by atoms with Gasteiger partial charge in [-0.1, -0.05) is 0 Å². The molecule has 1 saturated heterocycles. The van der Waals surface area contributed by atoms with E-state index in [2.05, 4.69) is 16.3 Å². The van der Waals surface area contributed by atoms with Crippen molar-refractivity contribution in [2.24, 2.45) is 0 Å². The van der Waals surface area contributed by atoms with Crippen LogP contribution >= 0.6 is 0 Å². The standard InChI is InChI=1S/C14H19N3O2/c1-18-13-3-2-12(11-15)14(10-13)16-4-5-17-6-8-19-9-7-17/h2-3,10,16H,4-9H2,1H3. The summed E-state index contributed by atoms with van der Waals surface area (Å²) < 4.78 is 10.5. The minimum absolute atomic E-state index is 0.641. The number of nitriles is 1. The van der Waals surface area contributed by atoms with Crippen molar-refractivity contribution in [1.82, 2.24) is 4.90 Å². The summed E-state index contributed by atoms with van der Waals surface area (Å²) in [4.78, 5) is 2.35. The van der Waals surface area contributed by atoms with Gasteiger partial charge in [0.15, 0.2) is 0 Å². The number of nitrogens with one attached hydrogen (secondary N) is 1. The van der Waals surface area contributed by atoms with Gasteiger partial charge in [0.2, 0.25) is 0 Å². The fourth-order valence-corrected chi connectivity index (χ4v) is 2.07. The molecule has 0 unspecified atom stereocenters. The van der Waals surface area contributed by atoms with E-state index in [4.69, 9.17) is 14.7 Å². The summed E-state index contributed by atoms with van der Waals surface area (Å²) in [6, 6.07) is 7.61. The molecule has 1 aromatic carbocycles. The van der Waals surface area contributed by atoms with E-state index in [1.54, 1.807) is 19.2 Å². The lowest BCUT2D eigenvalue weighted by atomic mass is 10.2. The van der Waals surface area contributed by atoms with Gasteiger partial charge in [-0.25, -0.2) is 0 Å². The van der Waals surface area contributed by atoms with Crippen molar-refractivity contribution in [3.63, 3.8) is 0 Å². The molecule has 5 nitrogen and oxygen atoms in total. The van der Waals surface area contributed by atoms with Crippen molar-refractivity contribution in [3.8, 4) is 11.8 Å². The molecule has 0 spiro atoms. The maximum Gasteiger partial charge on any atom is 0.121 e. The maximum atomic E-state index is 9.07. The second kappa shape index (κ2) is 6.98. The number of hydrogen-bond acceptors (Lipinski definition) is 5. The van der Waals surface area contributed by atoms with Gasteiger partial charge in [0, 0.05) is 32.2 Å². The second-order valence-electron chi connectivity index (χ2n) is 4.40. The van der Waals surface area contributed by atoms with Crippen molar-refractivity contribution in [1.29, 1.82) is 5.26 Å². The lowest BCUT2D eigenvalue weighted by molar-refractivity contribution is 0.0398. The van der Waals surface area contributed by atoms with E-state index >= 15 is 0 Å². The molecule has 19 heavy (non-hydrogen) atoms. The summed E-state index contributed by atoms with van der Waals surface area (Å²) in [5, 5.41) is 12.4. The Labute approximate surface area is 113 Å². The third-order valence-electron chi connectivity index (χ3n) is 3.19. The Morgan fingerprint density at radius 2 is 2.21 bits per heavy atom. The summed E-state index contributed by atoms with van der Waals surface area (Å²) in [7, 11) is 1.62. The highest BCUT2D eigenvalue weighted by atomic mass is 16.5. The van der Waals surface area contributed by atoms with Crippen LogP contribution in [0.1, 0.15) is 5.56 Å². The zero-order valence-corrected chi connectivity index (χ0v) is 11.2. The highest BCUT2D eigenvalue weighted by Crippen LogP contribution is 2.21. The van der Waals surface area contributed by atoms with Crippen LogP contribution in [0.4, 0.5) is 5.69 Å². The quantitative estimate of drug-likeness (QED) is 0.866. The summed E-state index contributed by atoms with van der Waals surface area (Å²) >= 11 is 0. The number of rotatable bonds is 5. The fraction of sp³-hybridized carbons (Fsp3) is 0.500. The number of methoxy groups -OCH3 is 1. The van der Waals surface area contributed by atoms with Crippen LogP contribution in [0.25, 0.3) is 0 Å². The van der Waals surface area contributed by atoms with Gasteiger partial charge in [-0.15, -0.1) is 0 Å². The van der Waals surface area contributed by atoms with E-state index < -0.39 is 0 Å².